The number of aliphatic hydroxyl groups is 1. The van der Waals surface area contributed by atoms with Crippen LogP contribution in [0.1, 0.15) is 5.56 Å². The maximum Gasteiger partial charge on any atom is 0.573 e. The van der Waals surface area contributed by atoms with Crippen molar-refractivity contribution in [2.24, 2.45) is 0 Å². The van der Waals surface area contributed by atoms with Gasteiger partial charge in [0.1, 0.15) is 12.4 Å². The largest absolute Gasteiger partial charge is 0.573 e. The van der Waals surface area contributed by atoms with E-state index >= 15 is 0 Å². The highest BCUT2D eigenvalue weighted by atomic mass is 19.4. The van der Waals surface area contributed by atoms with Crippen LogP contribution in [0.2, 0.25) is 0 Å². The van der Waals surface area contributed by atoms with E-state index in [9.17, 15) is 13.2 Å². The van der Waals surface area contributed by atoms with Crippen LogP contribution in [0, 0.1) is 11.8 Å². The standard InChI is InChI=1S/C10H8F3NO2/c11-10(12,13)16-8-3-4-9(14)7(6-8)2-1-5-15/h3-4,6,15H,5,14H2. The van der Waals surface area contributed by atoms with Crippen molar-refractivity contribution in [1.82, 2.24) is 0 Å². The highest BCUT2D eigenvalue weighted by molar-refractivity contribution is 5.58. The summed E-state index contributed by atoms with van der Waals surface area (Å²) in [6, 6.07) is 3.40. The molecule has 0 aliphatic heterocycles. The lowest BCUT2D eigenvalue weighted by atomic mass is 10.2. The Labute approximate surface area is 89.6 Å². The first-order valence-corrected chi connectivity index (χ1v) is 4.17. The van der Waals surface area contributed by atoms with Gasteiger partial charge in [0.15, 0.2) is 0 Å². The number of hydrogen-bond acceptors (Lipinski definition) is 3. The fourth-order valence-corrected chi connectivity index (χ4v) is 0.976. The molecule has 1 rings (SSSR count). The molecule has 1 aromatic carbocycles. The number of ether oxygens (including phenoxy) is 1. The molecular weight excluding hydrogens is 223 g/mol. The van der Waals surface area contributed by atoms with E-state index in [0.29, 0.717) is 0 Å². The van der Waals surface area contributed by atoms with Gasteiger partial charge in [-0.2, -0.15) is 0 Å². The summed E-state index contributed by atoms with van der Waals surface area (Å²) in [5.41, 5.74) is 5.87. The molecule has 86 valence electrons. The normalized spacial score (nSPS) is 10.5. The van der Waals surface area contributed by atoms with Crippen molar-refractivity contribution in [3.63, 3.8) is 0 Å². The smallest absolute Gasteiger partial charge is 0.406 e. The summed E-state index contributed by atoms with van der Waals surface area (Å²) >= 11 is 0. The van der Waals surface area contributed by atoms with E-state index in [1.165, 1.54) is 6.07 Å². The molecule has 0 aliphatic rings. The summed E-state index contributed by atoms with van der Waals surface area (Å²) in [5, 5.41) is 8.45. The van der Waals surface area contributed by atoms with Crippen LogP contribution in [0.25, 0.3) is 0 Å². The molecule has 3 N–H and O–H groups in total. The number of alkyl halides is 3. The SMILES string of the molecule is Nc1ccc(OC(F)(F)F)cc1C#CCO. The van der Waals surface area contributed by atoms with Gasteiger partial charge in [-0.25, -0.2) is 0 Å². The third-order valence-corrected chi connectivity index (χ3v) is 1.56. The number of aliphatic hydroxyl groups excluding tert-OH is 1. The van der Waals surface area contributed by atoms with Gasteiger partial charge in [-0.15, -0.1) is 13.2 Å². The first-order valence-electron chi connectivity index (χ1n) is 4.17. The molecule has 0 bridgehead atoms. The summed E-state index contributed by atoms with van der Waals surface area (Å²) in [4.78, 5) is 0. The third kappa shape index (κ3) is 3.71. The average Bonchev–Trinajstić information content (AvgIpc) is 2.17. The van der Waals surface area contributed by atoms with Gasteiger partial charge in [0.2, 0.25) is 0 Å². The molecule has 0 saturated heterocycles. The predicted octanol–water partition coefficient (Wildman–Crippen LogP) is 1.51. The minimum Gasteiger partial charge on any atom is -0.406 e. The van der Waals surface area contributed by atoms with E-state index in [-0.39, 0.29) is 11.3 Å². The van der Waals surface area contributed by atoms with Crippen LogP contribution in [0.15, 0.2) is 18.2 Å². The Kier molecular flexibility index (Phi) is 3.64. The Morgan fingerprint density at radius 1 is 1.38 bits per heavy atom. The van der Waals surface area contributed by atoms with Crippen molar-refractivity contribution in [3.8, 4) is 17.6 Å². The predicted molar refractivity (Wildman–Crippen MR) is 51.5 cm³/mol. The van der Waals surface area contributed by atoms with Crippen LogP contribution in [0.4, 0.5) is 18.9 Å². The zero-order valence-corrected chi connectivity index (χ0v) is 8.01. The Balaban J connectivity index is 2.98. The second kappa shape index (κ2) is 4.77. The molecule has 1 aromatic rings. The Morgan fingerprint density at radius 2 is 2.06 bits per heavy atom. The topological polar surface area (TPSA) is 55.5 Å². The summed E-state index contributed by atoms with van der Waals surface area (Å²) in [6.07, 6.45) is -4.75. The Bertz CT molecular complexity index is 432. The van der Waals surface area contributed by atoms with Crippen LogP contribution in [0.5, 0.6) is 5.75 Å². The monoisotopic (exact) mass is 231 g/mol. The summed E-state index contributed by atoms with van der Waals surface area (Å²) in [6.45, 7) is -0.399. The van der Waals surface area contributed by atoms with E-state index in [4.69, 9.17) is 10.8 Å². The number of nitrogen functional groups attached to an aromatic ring is 1. The maximum atomic E-state index is 11.9. The second-order valence-corrected chi connectivity index (χ2v) is 2.76. The molecule has 0 spiro atoms. The average molecular weight is 231 g/mol. The van der Waals surface area contributed by atoms with Gasteiger partial charge in [-0.3, -0.25) is 0 Å². The van der Waals surface area contributed by atoms with Gasteiger partial charge in [-0.05, 0) is 18.2 Å². The first-order chi connectivity index (χ1) is 7.42. The van der Waals surface area contributed by atoms with Crippen molar-refractivity contribution in [3.05, 3.63) is 23.8 Å². The minimum atomic E-state index is -4.75. The molecule has 0 amide bonds. The van der Waals surface area contributed by atoms with Gasteiger partial charge in [-0.1, -0.05) is 11.8 Å². The molecule has 0 fully saturated rings. The Morgan fingerprint density at radius 3 is 2.62 bits per heavy atom. The van der Waals surface area contributed by atoms with Crippen LogP contribution in [-0.2, 0) is 0 Å². The van der Waals surface area contributed by atoms with Gasteiger partial charge in [0.25, 0.3) is 0 Å². The molecule has 0 atom stereocenters. The molecular formula is C10H8F3NO2. The van der Waals surface area contributed by atoms with Crippen molar-refractivity contribution in [2.45, 2.75) is 6.36 Å². The molecule has 0 aliphatic carbocycles. The van der Waals surface area contributed by atoms with Crippen molar-refractivity contribution < 1.29 is 23.0 Å². The van der Waals surface area contributed by atoms with Crippen molar-refractivity contribution in [1.29, 1.82) is 0 Å². The van der Waals surface area contributed by atoms with Crippen LogP contribution >= 0.6 is 0 Å². The van der Waals surface area contributed by atoms with Gasteiger partial charge in [0.05, 0.1) is 5.56 Å². The second-order valence-electron chi connectivity index (χ2n) is 2.76. The van der Waals surface area contributed by atoms with Crippen molar-refractivity contribution >= 4 is 5.69 Å². The highest BCUT2D eigenvalue weighted by Gasteiger charge is 2.31. The quantitative estimate of drug-likeness (QED) is 0.569. The van der Waals surface area contributed by atoms with Crippen LogP contribution < -0.4 is 10.5 Å². The van der Waals surface area contributed by atoms with E-state index in [1.807, 2.05) is 0 Å². The number of halogens is 3. The number of benzene rings is 1. The lowest BCUT2D eigenvalue weighted by Gasteiger charge is -2.09. The lowest BCUT2D eigenvalue weighted by molar-refractivity contribution is -0.274. The minimum absolute atomic E-state index is 0.177. The zero-order chi connectivity index (χ0) is 12.2. The van der Waals surface area contributed by atoms with Gasteiger partial charge < -0.3 is 15.6 Å². The number of nitrogens with two attached hydrogens (primary N) is 1. The van der Waals surface area contributed by atoms with Crippen molar-refractivity contribution in [2.75, 3.05) is 12.3 Å². The molecule has 0 radical (unpaired) electrons. The molecule has 0 aromatic heterocycles. The zero-order valence-electron chi connectivity index (χ0n) is 8.01. The maximum absolute atomic E-state index is 11.9. The third-order valence-electron chi connectivity index (χ3n) is 1.56. The van der Waals surface area contributed by atoms with Gasteiger partial charge in [0, 0.05) is 5.69 Å². The lowest BCUT2D eigenvalue weighted by Crippen LogP contribution is -2.17. The van der Waals surface area contributed by atoms with E-state index in [2.05, 4.69) is 16.6 Å². The van der Waals surface area contributed by atoms with E-state index in [0.717, 1.165) is 12.1 Å². The summed E-state index contributed by atoms with van der Waals surface area (Å²) in [5.74, 6) is 4.30. The fourth-order valence-electron chi connectivity index (χ4n) is 0.976. The first kappa shape index (κ1) is 12.2. The van der Waals surface area contributed by atoms with Gasteiger partial charge >= 0.3 is 6.36 Å². The van der Waals surface area contributed by atoms with E-state index < -0.39 is 18.7 Å². The summed E-state index contributed by atoms with van der Waals surface area (Å²) < 4.78 is 39.4. The molecule has 0 saturated carbocycles. The molecule has 0 unspecified atom stereocenters. The fraction of sp³-hybridized carbons (Fsp3) is 0.200. The highest BCUT2D eigenvalue weighted by Crippen LogP contribution is 2.25. The molecule has 0 heterocycles. The molecule has 6 heteroatoms. The Hall–Kier alpha value is -1.87. The van der Waals surface area contributed by atoms with Crippen LogP contribution in [0.3, 0.4) is 0 Å². The molecule has 3 nitrogen and oxygen atoms in total. The molecule has 16 heavy (non-hydrogen) atoms. The van der Waals surface area contributed by atoms with Crippen LogP contribution in [-0.4, -0.2) is 18.1 Å². The number of rotatable bonds is 1. The summed E-state index contributed by atoms with van der Waals surface area (Å²) in [7, 11) is 0. The number of hydrogen-bond donors (Lipinski definition) is 2. The number of anilines is 1. The van der Waals surface area contributed by atoms with E-state index in [1.54, 1.807) is 0 Å².